The van der Waals surface area contributed by atoms with Crippen molar-refractivity contribution in [3.8, 4) is 5.75 Å². The van der Waals surface area contributed by atoms with Crippen molar-refractivity contribution in [3.63, 3.8) is 0 Å². The molecule has 0 bridgehead atoms. The Morgan fingerprint density at radius 2 is 1.60 bits per heavy atom. The summed E-state index contributed by atoms with van der Waals surface area (Å²) in [5, 5.41) is 1.40. The molecule has 4 aromatic carbocycles. The average molecular weight is 544 g/mol. The van der Waals surface area contributed by atoms with Crippen molar-refractivity contribution in [3.05, 3.63) is 117 Å². The number of ether oxygens (including phenoxy) is 1. The van der Waals surface area contributed by atoms with E-state index in [2.05, 4.69) is 15.9 Å². The fourth-order valence-electron chi connectivity index (χ4n) is 3.80. The number of halogens is 1. The second-order valence-corrected chi connectivity index (χ2v) is 9.76. The van der Waals surface area contributed by atoms with Gasteiger partial charge in [0.25, 0.3) is 11.1 Å². The monoisotopic (exact) mass is 543 g/mol. The van der Waals surface area contributed by atoms with E-state index in [4.69, 9.17) is 4.74 Å². The summed E-state index contributed by atoms with van der Waals surface area (Å²) in [5.74, 6) is -0.561. The van der Waals surface area contributed by atoms with Crippen LogP contribution in [0.4, 0.5) is 4.79 Å². The molecule has 0 atom stereocenters. The molecule has 0 saturated carbocycles. The van der Waals surface area contributed by atoms with Crippen molar-refractivity contribution in [1.29, 1.82) is 0 Å². The standard InChI is InChI=1S/C28H18BrNO4S/c29-21-14-12-18(13-15-21)17-30-26(31)25(35-28(30)33)16-20-7-2-4-11-24(20)34-27(32)23-10-5-8-19-6-1-3-9-22(19)23/h1-16H,17H2/b25-16-. The second-order valence-electron chi connectivity index (χ2n) is 7.85. The van der Waals surface area contributed by atoms with Gasteiger partial charge in [0.05, 0.1) is 17.0 Å². The second kappa shape index (κ2) is 9.90. The van der Waals surface area contributed by atoms with E-state index in [0.717, 1.165) is 32.6 Å². The molecule has 7 heteroatoms. The van der Waals surface area contributed by atoms with Crippen molar-refractivity contribution in [2.75, 3.05) is 0 Å². The Labute approximate surface area is 214 Å². The fraction of sp³-hybridized carbons (Fsp3) is 0.0357. The molecule has 172 valence electrons. The number of amides is 2. The predicted molar refractivity (Wildman–Crippen MR) is 141 cm³/mol. The zero-order valence-corrected chi connectivity index (χ0v) is 20.7. The van der Waals surface area contributed by atoms with E-state index >= 15 is 0 Å². The molecule has 1 heterocycles. The van der Waals surface area contributed by atoms with Crippen molar-refractivity contribution in [1.82, 2.24) is 4.90 Å². The molecule has 1 fully saturated rings. The zero-order chi connectivity index (χ0) is 24.4. The molecule has 1 saturated heterocycles. The van der Waals surface area contributed by atoms with E-state index in [1.807, 2.05) is 60.7 Å². The third-order valence-electron chi connectivity index (χ3n) is 5.55. The average Bonchev–Trinajstić information content (AvgIpc) is 3.13. The van der Waals surface area contributed by atoms with Gasteiger partial charge in [0, 0.05) is 10.0 Å². The summed E-state index contributed by atoms with van der Waals surface area (Å²) in [7, 11) is 0. The molecule has 4 aromatic rings. The van der Waals surface area contributed by atoms with E-state index in [0.29, 0.717) is 16.9 Å². The third-order valence-corrected chi connectivity index (χ3v) is 6.98. The van der Waals surface area contributed by atoms with Crippen LogP contribution in [0.1, 0.15) is 21.5 Å². The van der Waals surface area contributed by atoms with Crippen molar-refractivity contribution >= 4 is 61.7 Å². The lowest BCUT2D eigenvalue weighted by atomic mass is 10.0. The van der Waals surface area contributed by atoms with Crippen LogP contribution in [-0.2, 0) is 11.3 Å². The van der Waals surface area contributed by atoms with Crippen LogP contribution in [0.5, 0.6) is 5.75 Å². The molecule has 1 aliphatic rings. The normalized spacial score (nSPS) is 14.7. The lowest BCUT2D eigenvalue weighted by Crippen LogP contribution is -2.27. The van der Waals surface area contributed by atoms with E-state index in [1.165, 1.54) is 4.90 Å². The lowest BCUT2D eigenvalue weighted by Gasteiger charge is -2.12. The Morgan fingerprint density at radius 3 is 2.43 bits per heavy atom. The summed E-state index contributed by atoms with van der Waals surface area (Å²) in [6.45, 7) is 0.188. The number of carbonyl (C=O) groups excluding carboxylic acids is 3. The van der Waals surface area contributed by atoms with E-state index in [9.17, 15) is 14.4 Å². The van der Waals surface area contributed by atoms with E-state index in [1.54, 1.807) is 36.4 Å². The molecule has 0 unspecified atom stereocenters. The number of carbonyl (C=O) groups is 3. The zero-order valence-electron chi connectivity index (χ0n) is 18.3. The first-order valence-electron chi connectivity index (χ1n) is 10.8. The first kappa shape index (κ1) is 23.1. The van der Waals surface area contributed by atoms with Gasteiger partial charge < -0.3 is 4.74 Å². The predicted octanol–water partition coefficient (Wildman–Crippen LogP) is 7.06. The largest absolute Gasteiger partial charge is 0.422 e. The topological polar surface area (TPSA) is 63.7 Å². The number of para-hydroxylation sites is 1. The molecule has 1 aliphatic heterocycles. The Hall–Kier alpha value is -3.68. The minimum atomic E-state index is -0.494. The van der Waals surface area contributed by atoms with Crippen LogP contribution < -0.4 is 4.74 Å². The first-order chi connectivity index (χ1) is 17.0. The van der Waals surface area contributed by atoms with Gasteiger partial charge in [-0.3, -0.25) is 14.5 Å². The van der Waals surface area contributed by atoms with Crippen molar-refractivity contribution < 1.29 is 19.1 Å². The van der Waals surface area contributed by atoms with E-state index in [-0.39, 0.29) is 22.6 Å². The molecule has 5 nitrogen and oxygen atoms in total. The van der Waals surface area contributed by atoms with Gasteiger partial charge in [-0.05, 0) is 58.4 Å². The summed E-state index contributed by atoms with van der Waals surface area (Å²) >= 11 is 4.26. The number of hydrogen-bond acceptors (Lipinski definition) is 5. The number of esters is 1. The maximum Gasteiger partial charge on any atom is 0.344 e. The maximum atomic E-state index is 13.0. The highest BCUT2D eigenvalue weighted by molar-refractivity contribution is 9.10. The first-order valence-corrected chi connectivity index (χ1v) is 12.4. The summed E-state index contributed by atoms with van der Waals surface area (Å²) in [4.78, 5) is 40.1. The number of thioether (sulfide) groups is 1. The minimum Gasteiger partial charge on any atom is -0.422 e. The Morgan fingerprint density at radius 1 is 0.886 bits per heavy atom. The Bertz CT molecular complexity index is 1490. The van der Waals surface area contributed by atoms with Crippen LogP contribution in [0.15, 0.2) is 100 Å². The van der Waals surface area contributed by atoms with Crippen LogP contribution in [0.2, 0.25) is 0 Å². The molecule has 0 spiro atoms. The van der Waals surface area contributed by atoms with Crippen LogP contribution in [-0.4, -0.2) is 22.0 Å². The molecular formula is C28H18BrNO4S. The minimum absolute atomic E-state index is 0.188. The smallest absolute Gasteiger partial charge is 0.344 e. The summed E-state index contributed by atoms with van der Waals surface area (Å²) < 4.78 is 6.66. The van der Waals surface area contributed by atoms with Crippen molar-refractivity contribution in [2.24, 2.45) is 0 Å². The SMILES string of the molecule is O=C(Oc1ccccc1/C=C1\SC(=O)N(Cc2ccc(Br)cc2)C1=O)c1cccc2ccccc12. The molecular weight excluding hydrogens is 526 g/mol. The fourth-order valence-corrected chi connectivity index (χ4v) is 4.89. The van der Waals surface area contributed by atoms with Crippen LogP contribution >= 0.6 is 27.7 Å². The number of nitrogens with zero attached hydrogens (tertiary/aromatic N) is 1. The number of benzene rings is 4. The van der Waals surface area contributed by atoms with Crippen LogP contribution in [0, 0.1) is 0 Å². The number of hydrogen-bond donors (Lipinski definition) is 0. The molecule has 0 radical (unpaired) electrons. The van der Waals surface area contributed by atoms with Gasteiger partial charge in [-0.25, -0.2) is 4.79 Å². The molecule has 0 aromatic heterocycles. The van der Waals surface area contributed by atoms with Crippen LogP contribution in [0.25, 0.3) is 16.8 Å². The van der Waals surface area contributed by atoms with Gasteiger partial charge in [-0.2, -0.15) is 0 Å². The van der Waals surface area contributed by atoms with Gasteiger partial charge in [0.1, 0.15) is 5.75 Å². The summed E-state index contributed by atoms with van der Waals surface area (Å²) in [5.41, 5.74) is 1.84. The Kier molecular flexibility index (Phi) is 6.53. The highest BCUT2D eigenvalue weighted by Gasteiger charge is 2.35. The number of rotatable bonds is 5. The Balaban J connectivity index is 1.39. The van der Waals surface area contributed by atoms with Crippen molar-refractivity contribution in [2.45, 2.75) is 6.54 Å². The molecule has 35 heavy (non-hydrogen) atoms. The van der Waals surface area contributed by atoms with Gasteiger partial charge in [-0.1, -0.05) is 82.7 Å². The quantitative estimate of drug-likeness (QED) is 0.153. The van der Waals surface area contributed by atoms with Crippen LogP contribution in [0.3, 0.4) is 0 Å². The van der Waals surface area contributed by atoms with E-state index < -0.39 is 5.97 Å². The molecule has 5 rings (SSSR count). The third kappa shape index (κ3) is 4.92. The van der Waals surface area contributed by atoms with Gasteiger partial charge in [0.2, 0.25) is 0 Å². The highest BCUT2D eigenvalue weighted by Crippen LogP contribution is 2.35. The molecule has 0 aliphatic carbocycles. The number of fused-ring (bicyclic) bond motifs is 1. The summed E-state index contributed by atoms with van der Waals surface area (Å²) in [6, 6.07) is 27.5. The lowest BCUT2D eigenvalue weighted by molar-refractivity contribution is -0.123. The van der Waals surface area contributed by atoms with Gasteiger partial charge in [-0.15, -0.1) is 0 Å². The maximum absolute atomic E-state index is 13.0. The highest BCUT2D eigenvalue weighted by atomic mass is 79.9. The van der Waals surface area contributed by atoms with Gasteiger partial charge >= 0.3 is 5.97 Å². The molecule has 2 amide bonds. The summed E-state index contributed by atoms with van der Waals surface area (Å²) in [6.07, 6.45) is 1.60. The molecule has 0 N–H and O–H groups in total. The number of imide groups is 1. The van der Waals surface area contributed by atoms with Gasteiger partial charge in [0.15, 0.2) is 0 Å².